The van der Waals surface area contributed by atoms with E-state index >= 15 is 0 Å². The van der Waals surface area contributed by atoms with Crippen LogP contribution >= 0.6 is 11.8 Å². The molecule has 0 spiro atoms. The number of thioether (sulfide) groups is 1. The number of nitrogens with zero attached hydrogens (tertiary/aromatic N) is 4. The number of hydrogen-bond donors (Lipinski definition) is 0. The molecule has 1 aromatic carbocycles. The van der Waals surface area contributed by atoms with Gasteiger partial charge in [-0.05, 0) is 57.0 Å². The highest BCUT2D eigenvalue weighted by Crippen LogP contribution is 2.18. The number of aryl methyl sites for hydroxylation is 4. The Labute approximate surface area is 140 Å². The molecule has 0 aliphatic carbocycles. The molecule has 0 bridgehead atoms. The topological polar surface area (TPSA) is 52.3 Å². The molecule has 0 saturated heterocycles. The minimum atomic E-state index is 0.620. The molecular formula is C17H20N4OS. The summed E-state index contributed by atoms with van der Waals surface area (Å²) in [6.45, 7) is 8.74. The Kier molecular flexibility index (Phi) is 4.52. The Balaban J connectivity index is 1.59. The third kappa shape index (κ3) is 3.82. The van der Waals surface area contributed by atoms with Crippen molar-refractivity contribution in [2.75, 3.05) is 12.4 Å². The monoisotopic (exact) mass is 328 g/mol. The Bertz CT molecular complexity index is 824. The van der Waals surface area contributed by atoms with Gasteiger partial charge in [0, 0.05) is 17.1 Å². The van der Waals surface area contributed by atoms with Crippen molar-refractivity contribution in [2.24, 2.45) is 0 Å². The Morgan fingerprint density at radius 3 is 2.48 bits per heavy atom. The molecule has 0 aliphatic heterocycles. The van der Waals surface area contributed by atoms with Crippen LogP contribution < -0.4 is 4.74 Å². The third-order valence-corrected chi connectivity index (χ3v) is 4.18. The van der Waals surface area contributed by atoms with Gasteiger partial charge in [-0.25, -0.2) is 9.50 Å². The maximum atomic E-state index is 5.81. The second-order valence-electron chi connectivity index (χ2n) is 5.67. The molecule has 0 N–H and O–H groups in total. The van der Waals surface area contributed by atoms with E-state index in [4.69, 9.17) is 4.74 Å². The Morgan fingerprint density at radius 2 is 1.74 bits per heavy atom. The van der Waals surface area contributed by atoms with Crippen LogP contribution in [0.15, 0.2) is 29.4 Å². The highest BCUT2D eigenvalue weighted by Gasteiger charge is 2.08. The van der Waals surface area contributed by atoms with Crippen LogP contribution in [-0.4, -0.2) is 31.9 Å². The largest absolute Gasteiger partial charge is 0.493 e. The first-order chi connectivity index (χ1) is 11.0. The first kappa shape index (κ1) is 15.8. The molecule has 2 aromatic heterocycles. The summed E-state index contributed by atoms with van der Waals surface area (Å²) in [5.74, 6) is 2.36. The lowest BCUT2D eigenvalue weighted by atomic mass is 10.1. The molecule has 6 heteroatoms. The van der Waals surface area contributed by atoms with Gasteiger partial charge < -0.3 is 4.74 Å². The highest BCUT2D eigenvalue weighted by molar-refractivity contribution is 7.99. The summed E-state index contributed by atoms with van der Waals surface area (Å²) in [5.41, 5.74) is 4.42. The van der Waals surface area contributed by atoms with Crippen LogP contribution in [-0.2, 0) is 0 Å². The predicted molar refractivity (Wildman–Crippen MR) is 92.4 cm³/mol. The average molecular weight is 328 g/mol. The van der Waals surface area contributed by atoms with Crippen LogP contribution in [0.4, 0.5) is 0 Å². The van der Waals surface area contributed by atoms with Crippen molar-refractivity contribution in [3.63, 3.8) is 0 Å². The Hall–Kier alpha value is -2.08. The standard InChI is InChI=1S/C17H20N4OS/c1-11-7-12(2)9-15(8-11)22-5-6-23-17-19-16-18-13(3)10-14(4)21(16)20-17/h7-10H,5-6H2,1-4H3. The van der Waals surface area contributed by atoms with Crippen molar-refractivity contribution in [3.8, 4) is 5.75 Å². The molecule has 23 heavy (non-hydrogen) atoms. The molecule has 0 aliphatic rings. The van der Waals surface area contributed by atoms with E-state index in [1.54, 1.807) is 16.3 Å². The van der Waals surface area contributed by atoms with Crippen LogP contribution in [0, 0.1) is 27.7 Å². The molecule has 3 aromatic rings. The van der Waals surface area contributed by atoms with E-state index in [1.807, 2.05) is 19.9 Å². The number of benzene rings is 1. The van der Waals surface area contributed by atoms with Gasteiger partial charge in [-0.3, -0.25) is 0 Å². The lowest BCUT2D eigenvalue weighted by molar-refractivity contribution is 0.343. The van der Waals surface area contributed by atoms with Gasteiger partial charge in [0.1, 0.15) is 5.75 Å². The van der Waals surface area contributed by atoms with Crippen molar-refractivity contribution in [2.45, 2.75) is 32.9 Å². The zero-order valence-electron chi connectivity index (χ0n) is 13.8. The van der Waals surface area contributed by atoms with E-state index < -0.39 is 0 Å². The molecule has 0 fully saturated rings. The van der Waals surface area contributed by atoms with Gasteiger partial charge >= 0.3 is 0 Å². The van der Waals surface area contributed by atoms with Gasteiger partial charge in [0.15, 0.2) is 0 Å². The van der Waals surface area contributed by atoms with Crippen LogP contribution in [0.2, 0.25) is 0 Å². The first-order valence-electron chi connectivity index (χ1n) is 7.56. The lowest BCUT2D eigenvalue weighted by Gasteiger charge is -2.07. The van der Waals surface area contributed by atoms with Crippen LogP contribution in [0.25, 0.3) is 5.78 Å². The van der Waals surface area contributed by atoms with Crippen LogP contribution in [0.1, 0.15) is 22.5 Å². The fourth-order valence-electron chi connectivity index (χ4n) is 2.52. The summed E-state index contributed by atoms with van der Waals surface area (Å²) in [6.07, 6.45) is 0. The Morgan fingerprint density at radius 1 is 1.00 bits per heavy atom. The summed E-state index contributed by atoms with van der Waals surface area (Å²) in [7, 11) is 0. The van der Waals surface area contributed by atoms with E-state index in [-0.39, 0.29) is 0 Å². The maximum Gasteiger partial charge on any atom is 0.253 e. The van der Waals surface area contributed by atoms with Crippen molar-refractivity contribution >= 4 is 17.5 Å². The van der Waals surface area contributed by atoms with Crippen LogP contribution in [0.3, 0.4) is 0 Å². The van der Waals surface area contributed by atoms with Gasteiger partial charge in [0.25, 0.3) is 5.78 Å². The second-order valence-corrected chi connectivity index (χ2v) is 6.73. The summed E-state index contributed by atoms with van der Waals surface area (Å²) >= 11 is 1.58. The molecule has 0 unspecified atom stereocenters. The fraction of sp³-hybridized carbons (Fsp3) is 0.353. The van der Waals surface area contributed by atoms with Crippen LogP contribution in [0.5, 0.6) is 5.75 Å². The van der Waals surface area contributed by atoms with Gasteiger partial charge in [-0.1, -0.05) is 17.8 Å². The minimum Gasteiger partial charge on any atom is -0.493 e. The molecular weight excluding hydrogens is 308 g/mol. The predicted octanol–water partition coefficient (Wildman–Crippen LogP) is 3.53. The molecule has 0 amide bonds. The molecule has 5 nitrogen and oxygen atoms in total. The quantitative estimate of drug-likeness (QED) is 0.530. The van der Waals surface area contributed by atoms with E-state index in [2.05, 4.69) is 47.1 Å². The third-order valence-electron chi connectivity index (χ3n) is 3.38. The van der Waals surface area contributed by atoms with Gasteiger partial charge in [0.05, 0.1) is 6.61 Å². The summed E-state index contributed by atoms with van der Waals surface area (Å²) in [5, 5.41) is 5.21. The molecule has 2 heterocycles. The first-order valence-corrected chi connectivity index (χ1v) is 8.55. The summed E-state index contributed by atoms with van der Waals surface area (Å²) < 4.78 is 7.59. The fourth-order valence-corrected chi connectivity index (χ4v) is 3.15. The molecule has 0 atom stereocenters. The highest BCUT2D eigenvalue weighted by atomic mass is 32.2. The number of aromatic nitrogens is 4. The summed E-state index contributed by atoms with van der Waals surface area (Å²) in [6, 6.07) is 8.24. The normalized spacial score (nSPS) is 11.1. The van der Waals surface area contributed by atoms with Crippen molar-refractivity contribution < 1.29 is 4.74 Å². The van der Waals surface area contributed by atoms with Gasteiger partial charge in [-0.15, -0.1) is 5.10 Å². The number of hydrogen-bond acceptors (Lipinski definition) is 5. The second kappa shape index (κ2) is 6.58. The van der Waals surface area contributed by atoms with E-state index in [0.29, 0.717) is 12.4 Å². The zero-order chi connectivity index (χ0) is 16.4. The molecule has 0 radical (unpaired) electrons. The SMILES string of the molecule is Cc1cc(C)cc(OCCSc2nc3nc(C)cc(C)n3n2)c1. The van der Waals surface area contributed by atoms with E-state index in [9.17, 15) is 0 Å². The van der Waals surface area contributed by atoms with E-state index in [0.717, 1.165) is 28.0 Å². The van der Waals surface area contributed by atoms with Crippen molar-refractivity contribution in [3.05, 3.63) is 46.8 Å². The van der Waals surface area contributed by atoms with Gasteiger partial charge in [0.2, 0.25) is 5.16 Å². The smallest absolute Gasteiger partial charge is 0.253 e. The number of ether oxygens (including phenoxy) is 1. The zero-order valence-corrected chi connectivity index (χ0v) is 14.6. The lowest BCUT2D eigenvalue weighted by Crippen LogP contribution is -2.01. The van der Waals surface area contributed by atoms with Crippen molar-refractivity contribution in [1.82, 2.24) is 19.6 Å². The van der Waals surface area contributed by atoms with Crippen molar-refractivity contribution in [1.29, 1.82) is 0 Å². The summed E-state index contributed by atoms with van der Waals surface area (Å²) in [4.78, 5) is 8.85. The number of fused-ring (bicyclic) bond motifs is 1. The number of rotatable bonds is 5. The molecule has 3 rings (SSSR count). The van der Waals surface area contributed by atoms with E-state index in [1.165, 1.54) is 11.1 Å². The average Bonchev–Trinajstić information content (AvgIpc) is 2.86. The maximum absolute atomic E-state index is 5.81. The molecule has 0 saturated carbocycles. The molecule has 120 valence electrons. The van der Waals surface area contributed by atoms with Gasteiger partial charge in [-0.2, -0.15) is 4.98 Å². The minimum absolute atomic E-state index is 0.620.